The summed E-state index contributed by atoms with van der Waals surface area (Å²) >= 11 is 6.43. The minimum absolute atomic E-state index is 0.240. The number of rotatable bonds is 2. The summed E-state index contributed by atoms with van der Waals surface area (Å²) in [6.07, 6.45) is 4.30. The zero-order chi connectivity index (χ0) is 17.7. The number of pyridine rings is 1. The van der Waals surface area contributed by atoms with Gasteiger partial charge in [-0.1, -0.05) is 11.6 Å². The van der Waals surface area contributed by atoms with Crippen LogP contribution in [0.1, 0.15) is 35.2 Å². The molecule has 2 N–H and O–H groups in total. The number of piperidine rings is 1. The Hall–Kier alpha value is -2.05. The Bertz CT molecular complexity index is 929. The third-order valence-corrected chi connectivity index (χ3v) is 5.54. The molecule has 0 radical (unpaired) electrons. The van der Waals surface area contributed by atoms with E-state index in [1.54, 1.807) is 6.07 Å². The minimum Gasteiger partial charge on any atom is -0.477 e. The third-order valence-electron chi connectivity index (χ3n) is 5.24. The van der Waals surface area contributed by atoms with E-state index in [0.29, 0.717) is 29.8 Å². The van der Waals surface area contributed by atoms with E-state index in [4.69, 9.17) is 11.6 Å². The summed E-state index contributed by atoms with van der Waals surface area (Å²) in [7, 11) is 0. The zero-order valence-electron chi connectivity index (χ0n) is 13.7. The normalized spacial score (nSPS) is 17.9. The lowest BCUT2D eigenvalue weighted by Gasteiger charge is -2.35. The molecule has 132 valence electrons. The van der Waals surface area contributed by atoms with E-state index in [-0.39, 0.29) is 11.7 Å². The molecule has 2 aliphatic rings. The van der Waals surface area contributed by atoms with E-state index in [1.807, 2.05) is 4.57 Å². The fraction of sp³-hybridized carbons (Fsp3) is 0.444. The van der Waals surface area contributed by atoms with Crippen LogP contribution in [0.5, 0.6) is 0 Å². The first-order valence-corrected chi connectivity index (χ1v) is 8.90. The number of aryl methyl sites for hydroxylation is 2. The Labute approximate surface area is 149 Å². The smallest absolute Gasteiger partial charge is 0.341 e. The summed E-state index contributed by atoms with van der Waals surface area (Å²) in [6, 6.07) is 1.79. The van der Waals surface area contributed by atoms with Gasteiger partial charge in [-0.3, -0.25) is 4.79 Å². The van der Waals surface area contributed by atoms with E-state index in [1.165, 1.54) is 6.20 Å². The van der Waals surface area contributed by atoms with Crippen LogP contribution in [-0.2, 0) is 13.0 Å². The second-order valence-corrected chi connectivity index (χ2v) is 7.18. The number of carboxylic acids is 1. The monoisotopic (exact) mass is 362 g/mol. The molecule has 7 heteroatoms. The van der Waals surface area contributed by atoms with Gasteiger partial charge in [0.25, 0.3) is 0 Å². The Morgan fingerprint density at radius 2 is 1.96 bits per heavy atom. The van der Waals surface area contributed by atoms with Gasteiger partial charge in [0.2, 0.25) is 5.43 Å². The van der Waals surface area contributed by atoms with Crippen LogP contribution >= 0.6 is 11.6 Å². The van der Waals surface area contributed by atoms with Crippen LogP contribution in [0.3, 0.4) is 0 Å². The van der Waals surface area contributed by atoms with E-state index in [9.17, 15) is 19.8 Å². The predicted molar refractivity (Wildman–Crippen MR) is 96.0 cm³/mol. The van der Waals surface area contributed by atoms with Gasteiger partial charge >= 0.3 is 5.97 Å². The van der Waals surface area contributed by atoms with Gasteiger partial charge in [-0.15, -0.1) is 0 Å². The maximum atomic E-state index is 12.6. The lowest BCUT2D eigenvalue weighted by Crippen LogP contribution is -2.37. The van der Waals surface area contributed by atoms with Crippen molar-refractivity contribution < 1.29 is 15.0 Å². The average Bonchev–Trinajstić information content (AvgIpc) is 2.59. The van der Waals surface area contributed by atoms with E-state index >= 15 is 0 Å². The zero-order valence-corrected chi connectivity index (χ0v) is 14.4. The quantitative estimate of drug-likeness (QED) is 0.856. The van der Waals surface area contributed by atoms with E-state index < -0.39 is 11.4 Å². The molecule has 0 aliphatic carbocycles. The molecule has 0 atom stereocenters. The highest BCUT2D eigenvalue weighted by Crippen LogP contribution is 2.37. The van der Waals surface area contributed by atoms with Crippen LogP contribution in [0.15, 0.2) is 17.1 Å². The molecule has 3 heterocycles. The summed E-state index contributed by atoms with van der Waals surface area (Å²) in [5.74, 6) is -1.23. The largest absolute Gasteiger partial charge is 0.477 e. The highest BCUT2D eigenvalue weighted by atomic mass is 35.5. The number of aliphatic hydroxyl groups is 1. The van der Waals surface area contributed by atoms with Gasteiger partial charge in [0, 0.05) is 37.1 Å². The molecule has 2 aromatic rings. The van der Waals surface area contributed by atoms with Gasteiger partial charge < -0.3 is 19.7 Å². The molecule has 1 fully saturated rings. The summed E-state index contributed by atoms with van der Waals surface area (Å²) < 4.78 is 1.85. The molecule has 2 aliphatic heterocycles. The van der Waals surface area contributed by atoms with Crippen LogP contribution < -0.4 is 10.3 Å². The molecule has 1 aromatic carbocycles. The first-order chi connectivity index (χ1) is 12.0. The number of halogens is 1. The summed E-state index contributed by atoms with van der Waals surface area (Å²) in [6.45, 7) is 2.16. The number of hydrogen-bond donors (Lipinski definition) is 2. The Kier molecular flexibility index (Phi) is 3.96. The highest BCUT2D eigenvalue weighted by Gasteiger charge is 2.27. The molecule has 6 nitrogen and oxygen atoms in total. The molecular weight excluding hydrogens is 344 g/mol. The third kappa shape index (κ3) is 2.60. The number of aromatic carboxylic acids is 1. The molecule has 1 saturated heterocycles. The van der Waals surface area contributed by atoms with Crippen molar-refractivity contribution in [3.05, 3.63) is 38.6 Å². The maximum Gasteiger partial charge on any atom is 0.341 e. The van der Waals surface area contributed by atoms with Crippen molar-refractivity contribution >= 4 is 34.2 Å². The number of aliphatic hydroxyl groups excluding tert-OH is 1. The number of benzene rings is 1. The molecule has 25 heavy (non-hydrogen) atoms. The number of aromatic nitrogens is 1. The van der Waals surface area contributed by atoms with Crippen LogP contribution in [-0.4, -0.2) is 39.9 Å². The Morgan fingerprint density at radius 1 is 1.24 bits per heavy atom. The molecule has 0 amide bonds. The number of carboxylic acid groups (broad SMARTS) is 1. The predicted octanol–water partition coefficient (Wildman–Crippen LogP) is 2.26. The Morgan fingerprint density at radius 3 is 2.64 bits per heavy atom. The molecule has 0 unspecified atom stereocenters. The maximum absolute atomic E-state index is 12.6. The second-order valence-electron chi connectivity index (χ2n) is 6.77. The first-order valence-electron chi connectivity index (χ1n) is 8.52. The van der Waals surface area contributed by atoms with Crippen molar-refractivity contribution in [3.63, 3.8) is 0 Å². The highest BCUT2D eigenvalue weighted by molar-refractivity contribution is 6.36. The van der Waals surface area contributed by atoms with Crippen LogP contribution in [0.4, 0.5) is 5.69 Å². The van der Waals surface area contributed by atoms with Crippen molar-refractivity contribution in [2.75, 3.05) is 18.0 Å². The van der Waals surface area contributed by atoms with Gasteiger partial charge in [-0.25, -0.2) is 4.79 Å². The number of nitrogens with zero attached hydrogens (tertiary/aromatic N) is 2. The molecule has 1 aromatic heterocycles. The van der Waals surface area contributed by atoms with Crippen molar-refractivity contribution in [1.29, 1.82) is 0 Å². The fourth-order valence-electron chi connectivity index (χ4n) is 4.00. The molecule has 0 spiro atoms. The minimum atomic E-state index is -1.23. The van der Waals surface area contributed by atoms with Gasteiger partial charge in [0.05, 0.1) is 22.0 Å². The van der Waals surface area contributed by atoms with Gasteiger partial charge in [-0.2, -0.15) is 0 Å². The lowest BCUT2D eigenvalue weighted by molar-refractivity contribution is 0.0694. The van der Waals surface area contributed by atoms with Crippen LogP contribution in [0, 0.1) is 0 Å². The van der Waals surface area contributed by atoms with Gasteiger partial charge in [0.15, 0.2) is 0 Å². The molecule has 0 saturated carbocycles. The van der Waals surface area contributed by atoms with Crippen molar-refractivity contribution in [1.82, 2.24) is 4.57 Å². The SMILES string of the molecule is O=C(O)c1cn2c3c(c(N4CCC(O)CC4)cc(Cl)c3c1=O)CCC2. The van der Waals surface area contributed by atoms with E-state index in [2.05, 4.69) is 4.90 Å². The summed E-state index contributed by atoms with van der Waals surface area (Å²) in [5, 5.41) is 19.7. The van der Waals surface area contributed by atoms with E-state index in [0.717, 1.165) is 42.7 Å². The van der Waals surface area contributed by atoms with Crippen LogP contribution in [0.25, 0.3) is 10.9 Å². The summed E-state index contributed by atoms with van der Waals surface area (Å²) in [4.78, 5) is 26.3. The topological polar surface area (TPSA) is 82.8 Å². The molecule has 0 bridgehead atoms. The average molecular weight is 363 g/mol. The molecule has 4 rings (SSSR count). The standard InChI is InChI=1S/C18H19ClN2O4/c19-13-8-14(20-6-3-10(22)4-7-20)11-2-1-5-21-9-12(18(24)25)17(23)15(13)16(11)21/h8-10,22H,1-7H2,(H,24,25). The van der Waals surface area contributed by atoms with Gasteiger partial charge in [0.1, 0.15) is 5.56 Å². The lowest BCUT2D eigenvalue weighted by atomic mass is 9.96. The van der Waals surface area contributed by atoms with Crippen molar-refractivity contribution in [3.8, 4) is 0 Å². The first kappa shape index (κ1) is 16.4. The number of anilines is 1. The second kappa shape index (κ2) is 6.04. The van der Waals surface area contributed by atoms with Crippen LogP contribution in [0.2, 0.25) is 5.02 Å². The summed E-state index contributed by atoms with van der Waals surface area (Å²) in [5.41, 5.74) is 2.05. The number of carbonyl (C=O) groups is 1. The van der Waals surface area contributed by atoms with Crippen molar-refractivity contribution in [2.24, 2.45) is 0 Å². The Balaban J connectivity index is 1.98. The fourth-order valence-corrected chi connectivity index (χ4v) is 4.28. The molecular formula is C18H19ClN2O4. The van der Waals surface area contributed by atoms with Gasteiger partial charge in [-0.05, 0) is 31.7 Å². The van der Waals surface area contributed by atoms with Crippen molar-refractivity contribution in [2.45, 2.75) is 38.3 Å². The number of hydrogen-bond acceptors (Lipinski definition) is 4.